The van der Waals surface area contributed by atoms with Gasteiger partial charge < -0.3 is 9.64 Å². The zero-order valence-corrected chi connectivity index (χ0v) is 12.3. The first-order valence-corrected chi connectivity index (χ1v) is 7.09. The van der Waals surface area contributed by atoms with E-state index in [0.717, 1.165) is 6.07 Å². The predicted octanol–water partition coefficient (Wildman–Crippen LogP) is 2.96. The molecule has 0 spiro atoms. The van der Waals surface area contributed by atoms with E-state index in [1.807, 2.05) is 6.92 Å². The highest BCUT2D eigenvalue weighted by Crippen LogP contribution is 2.43. The summed E-state index contributed by atoms with van der Waals surface area (Å²) >= 11 is 0. The topological polar surface area (TPSA) is 47.4 Å². The van der Waals surface area contributed by atoms with Crippen LogP contribution in [0.4, 0.5) is 18.9 Å². The van der Waals surface area contributed by atoms with Crippen molar-refractivity contribution in [2.75, 3.05) is 18.1 Å². The third-order valence-corrected chi connectivity index (χ3v) is 3.60. The highest BCUT2D eigenvalue weighted by molar-refractivity contribution is 6.07. The first kappa shape index (κ1) is 15.4. The van der Waals surface area contributed by atoms with E-state index in [9.17, 15) is 18.0 Å². The van der Waals surface area contributed by atoms with Crippen LogP contribution in [0.25, 0.3) is 0 Å². The number of hydrogen-bond donors (Lipinski definition) is 0. The standard InChI is InChI=1S/C15H14F3N3O2/c1-2-20-9-10(8-19-20)14(22)21-6-7-23-13-11(15(16,17)18)4-3-5-12(13)21/h3-5,8-9H,2,6-7H2,1H3. The van der Waals surface area contributed by atoms with Crippen LogP contribution in [0.5, 0.6) is 5.75 Å². The van der Waals surface area contributed by atoms with Crippen molar-refractivity contribution in [2.24, 2.45) is 0 Å². The Labute approximate surface area is 130 Å². The monoisotopic (exact) mass is 325 g/mol. The van der Waals surface area contributed by atoms with Gasteiger partial charge in [-0.2, -0.15) is 18.3 Å². The Morgan fingerprint density at radius 3 is 2.83 bits per heavy atom. The van der Waals surface area contributed by atoms with Crippen molar-refractivity contribution >= 4 is 11.6 Å². The molecule has 2 aromatic rings. The molecule has 3 rings (SSSR count). The minimum atomic E-state index is -4.54. The molecule has 8 heteroatoms. The van der Waals surface area contributed by atoms with Crippen LogP contribution in [0.2, 0.25) is 0 Å². The molecule has 0 bridgehead atoms. The lowest BCUT2D eigenvalue weighted by Gasteiger charge is -2.30. The molecular formula is C15H14F3N3O2. The number of carbonyl (C=O) groups is 1. The molecule has 0 saturated heterocycles. The number of benzene rings is 1. The minimum absolute atomic E-state index is 0.00769. The fourth-order valence-corrected chi connectivity index (χ4v) is 2.49. The Hall–Kier alpha value is -2.51. The molecule has 122 valence electrons. The number of para-hydroxylation sites is 1. The Morgan fingerprint density at radius 2 is 2.17 bits per heavy atom. The number of carbonyl (C=O) groups excluding carboxylic acids is 1. The molecule has 0 atom stereocenters. The quantitative estimate of drug-likeness (QED) is 0.853. The van der Waals surface area contributed by atoms with Gasteiger partial charge in [0.1, 0.15) is 6.61 Å². The zero-order chi connectivity index (χ0) is 16.6. The second kappa shape index (κ2) is 5.60. The van der Waals surface area contributed by atoms with Gasteiger partial charge in [-0.05, 0) is 19.1 Å². The summed E-state index contributed by atoms with van der Waals surface area (Å²) in [5, 5.41) is 4.02. The van der Waals surface area contributed by atoms with Crippen molar-refractivity contribution in [1.82, 2.24) is 9.78 Å². The second-order valence-electron chi connectivity index (χ2n) is 5.04. The van der Waals surface area contributed by atoms with E-state index in [1.54, 1.807) is 10.9 Å². The van der Waals surface area contributed by atoms with Crippen molar-refractivity contribution in [1.29, 1.82) is 0 Å². The molecule has 23 heavy (non-hydrogen) atoms. The molecule has 0 unspecified atom stereocenters. The molecular weight excluding hydrogens is 311 g/mol. The average Bonchev–Trinajstić information content (AvgIpc) is 3.01. The van der Waals surface area contributed by atoms with E-state index in [0.29, 0.717) is 12.1 Å². The lowest BCUT2D eigenvalue weighted by atomic mass is 10.1. The van der Waals surface area contributed by atoms with E-state index < -0.39 is 17.6 Å². The number of amides is 1. The molecule has 0 saturated carbocycles. The third-order valence-electron chi connectivity index (χ3n) is 3.60. The fraction of sp³-hybridized carbons (Fsp3) is 0.333. The van der Waals surface area contributed by atoms with E-state index in [2.05, 4.69) is 5.10 Å². The molecule has 0 fully saturated rings. The van der Waals surface area contributed by atoms with Gasteiger partial charge in [-0.3, -0.25) is 9.48 Å². The Morgan fingerprint density at radius 1 is 1.39 bits per heavy atom. The van der Waals surface area contributed by atoms with Crippen molar-refractivity contribution in [2.45, 2.75) is 19.6 Å². The Balaban J connectivity index is 2.00. The number of halogens is 3. The fourth-order valence-electron chi connectivity index (χ4n) is 2.49. The predicted molar refractivity (Wildman–Crippen MR) is 76.5 cm³/mol. The third kappa shape index (κ3) is 2.76. The molecule has 1 aromatic heterocycles. The highest BCUT2D eigenvalue weighted by atomic mass is 19.4. The van der Waals surface area contributed by atoms with E-state index in [4.69, 9.17) is 4.74 Å². The number of hydrogen-bond acceptors (Lipinski definition) is 3. The van der Waals surface area contributed by atoms with Crippen LogP contribution in [-0.2, 0) is 12.7 Å². The lowest BCUT2D eigenvalue weighted by molar-refractivity contribution is -0.139. The SMILES string of the molecule is CCn1cc(C(=O)N2CCOc3c2cccc3C(F)(F)F)cn1. The van der Waals surface area contributed by atoms with Gasteiger partial charge in [0.15, 0.2) is 5.75 Å². The molecule has 5 nitrogen and oxygen atoms in total. The van der Waals surface area contributed by atoms with Gasteiger partial charge in [0, 0.05) is 12.7 Å². The van der Waals surface area contributed by atoms with E-state index in [-0.39, 0.29) is 24.6 Å². The highest BCUT2D eigenvalue weighted by Gasteiger charge is 2.38. The van der Waals surface area contributed by atoms with Gasteiger partial charge in [-0.15, -0.1) is 0 Å². The Bertz CT molecular complexity index is 740. The largest absolute Gasteiger partial charge is 0.489 e. The van der Waals surface area contributed by atoms with Gasteiger partial charge in [0.05, 0.1) is 29.6 Å². The summed E-state index contributed by atoms with van der Waals surface area (Å²) in [7, 11) is 0. The number of fused-ring (bicyclic) bond motifs is 1. The number of alkyl halides is 3. The van der Waals surface area contributed by atoms with Gasteiger partial charge in [-0.1, -0.05) is 6.07 Å². The smallest absolute Gasteiger partial charge is 0.420 e. The maximum Gasteiger partial charge on any atom is 0.420 e. The van der Waals surface area contributed by atoms with Crippen molar-refractivity contribution in [3.63, 3.8) is 0 Å². The summed E-state index contributed by atoms with van der Waals surface area (Å²) < 4.78 is 46.0. The lowest BCUT2D eigenvalue weighted by Crippen LogP contribution is -2.38. The molecule has 0 N–H and O–H groups in total. The van der Waals surface area contributed by atoms with E-state index >= 15 is 0 Å². The number of nitrogens with zero attached hydrogens (tertiary/aromatic N) is 3. The molecule has 1 amide bonds. The molecule has 0 aliphatic carbocycles. The van der Waals surface area contributed by atoms with Crippen LogP contribution < -0.4 is 9.64 Å². The van der Waals surface area contributed by atoms with Crippen LogP contribution >= 0.6 is 0 Å². The summed E-state index contributed by atoms with van der Waals surface area (Å²) in [6.45, 7) is 2.67. The van der Waals surface area contributed by atoms with Crippen molar-refractivity contribution in [3.8, 4) is 5.75 Å². The number of rotatable bonds is 2. The molecule has 2 heterocycles. The van der Waals surface area contributed by atoms with Gasteiger partial charge in [-0.25, -0.2) is 0 Å². The average molecular weight is 325 g/mol. The first-order valence-electron chi connectivity index (χ1n) is 7.09. The van der Waals surface area contributed by atoms with Gasteiger partial charge >= 0.3 is 6.18 Å². The summed E-state index contributed by atoms with van der Waals surface area (Å²) in [4.78, 5) is 13.9. The van der Waals surface area contributed by atoms with Crippen LogP contribution in [0, 0.1) is 0 Å². The first-order chi connectivity index (χ1) is 10.9. The van der Waals surface area contributed by atoms with E-state index in [1.165, 1.54) is 23.2 Å². The van der Waals surface area contributed by atoms with Crippen LogP contribution in [0.3, 0.4) is 0 Å². The number of aryl methyl sites for hydroxylation is 1. The molecule has 1 aliphatic rings. The zero-order valence-electron chi connectivity index (χ0n) is 12.3. The van der Waals surface area contributed by atoms with Crippen LogP contribution in [0.1, 0.15) is 22.8 Å². The van der Waals surface area contributed by atoms with Gasteiger partial charge in [0.25, 0.3) is 5.91 Å². The Kier molecular flexibility index (Phi) is 3.75. The molecule has 1 aliphatic heterocycles. The maximum absolute atomic E-state index is 13.1. The maximum atomic E-state index is 13.1. The summed E-state index contributed by atoms with van der Waals surface area (Å²) in [5.41, 5.74) is -0.422. The normalized spacial score (nSPS) is 14.3. The summed E-state index contributed by atoms with van der Waals surface area (Å²) in [6, 6.07) is 3.67. The minimum Gasteiger partial charge on any atom is -0.489 e. The summed E-state index contributed by atoms with van der Waals surface area (Å²) in [6.07, 6.45) is -1.55. The van der Waals surface area contributed by atoms with Crippen molar-refractivity contribution < 1.29 is 22.7 Å². The van der Waals surface area contributed by atoms with Gasteiger partial charge in [0.2, 0.25) is 0 Å². The number of ether oxygens (including phenoxy) is 1. The van der Waals surface area contributed by atoms with Crippen molar-refractivity contribution in [3.05, 3.63) is 41.7 Å². The van der Waals surface area contributed by atoms with Crippen LogP contribution in [-0.4, -0.2) is 28.8 Å². The summed E-state index contributed by atoms with van der Waals surface area (Å²) in [5.74, 6) is -0.698. The number of anilines is 1. The molecule has 1 aromatic carbocycles. The number of aromatic nitrogens is 2. The second-order valence-corrected chi connectivity index (χ2v) is 5.04. The molecule has 0 radical (unpaired) electrons. The van der Waals surface area contributed by atoms with Crippen LogP contribution in [0.15, 0.2) is 30.6 Å².